The van der Waals surface area contributed by atoms with Crippen molar-refractivity contribution in [2.45, 2.75) is 103 Å². The van der Waals surface area contributed by atoms with Crippen molar-refractivity contribution < 1.29 is 9.53 Å². The van der Waals surface area contributed by atoms with Crippen molar-refractivity contribution in [1.82, 2.24) is 4.90 Å². The lowest BCUT2D eigenvalue weighted by Gasteiger charge is -2.09. The maximum Gasteiger partial charge on any atom is 0.305 e. The summed E-state index contributed by atoms with van der Waals surface area (Å²) in [7, 11) is 4.05. The van der Waals surface area contributed by atoms with Crippen LogP contribution in [0.4, 0.5) is 0 Å². The molecule has 0 unspecified atom stereocenters. The first-order valence-electron chi connectivity index (χ1n) is 10.5. The summed E-state index contributed by atoms with van der Waals surface area (Å²) in [5.74, 6) is -0.0317. The zero-order valence-electron chi connectivity index (χ0n) is 16.8. The van der Waals surface area contributed by atoms with Gasteiger partial charge >= 0.3 is 5.97 Å². The maximum atomic E-state index is 11.5. The van der Waals surface area contributed by atoms with E-state index in [-0.39, 0.29) is 5.97 Å². The molecule has 0 heterocycles. The van der Waals surface area contributed by atoms with Crippen LogP contribution in [0.5, 0.6) is 0 Å². The van der Waals surface area contributed by atoms with Gasteiger partial charge in [0.05, 0.1) is 6.61 Å². The Hall–Kier alpha value is -0.570. The third-order valence-corrected chi connectivity index (χ3v) is 4.50. The molecular formula is C21H43NO2. The minimum atomic E-state index is -0.0317. The average molecular weight is 342 g/mol. The van der Waals surface area contributed by atoms with Crippen LogP contribution in [0.15, 0.2) is 0 Å². The van der Waals surface area contributed by atoms with Crippen LogP contribution < -0.4 is 0 Å². The molecule has 0 N–H and O–H groups in total. The molecule has 0 radical (unpaired) electrons. The molecule has 3 nitrogen and oxygen atoms in total. The van der Waals surface area contributed by atoms with Gasteiger partial charge < -0.3 is 9.64 Å². The molecule has 0 rings (SSSR count). The highest BCUT2D eigenvalue weighted by molar-refractivity contribution is 5.69. The summed E-state index contributed by atoms with van der Waals surface area (Å²) in [5, 5.41) is 0. The Kier molecular flexibility index (Phi) is 18.3. The second-order valence-electron chi connectivity index (χ2n) is 7.37. The number of hydrogen-bond acceptors (Lipinski definition) is 3. The van der Waals surface area contributed by atoms with Crippen molar-refractivity contribution in [2.75, 3.05) is 27.2 Å². The van der Waals surface area contributed by atoms with E-state index in [4.69, 9.17) is 4.74 Å². The highest BCUT2D eigenvalue weighted by Crippen LogP contribution is 2.12. The summed E-state index contributed by atoms with van der Waals surface area (Å²) in [5.41, 5.74) is 0. The Morgan fingerprint density at radius 2 is 1.17 bits per heavy atom. The van der Waals surface area contributed by atoms with Gasteiger partial charge in [0.25, 0.3) is 0 Å². The van der Waals surface area contributed by atoms with Gasteiger partial charge in [-0.25, -0.2) is 0 Å². The highest BCUT2D eigenvalue weighted by atomic mass is 16.5. The normalized spacial score (nSPS) is 11.2. The molecule has 0 spiro atoms. The fourth-order valence-corrected chi connectivity index (χ4v) is 2.92. The van der Waals surface area contributed by atoms with E-state index in [0.29, 0.717) is 13.0 Å². The van der Waals surface area contributed by atoms with Crippen molar-refractivity contribution in [1.29, 1.82) is 0 Å². The third kappa shape index (κ3) is 19.5. The minimum absolute atomic E-state index is 0.0317. The third-order valence-electron chi connectivity index (χ3n) is 4.50. The molecule has 0 atom stereocenters. The summed E-state index contributed by atoms with van der Waals surface area (Å²) >= 11 is 0. The smallest absolute Gasteiger partial charge is 0.305 e. The van der Waals surface area contributed by atoms with Crippen LogP contribution in [0.3, 0.4) is 0 Å². The van der Waals surface area contributed by atoms with Crippen molar-refractivity contribution in [3.8, 4) is 0 Å². The standard InChI is InChI=1S/C21H43NO2/c1-4-5-6-7-8-9-10-11-12-13-14-15-16-20-24-21(23)18-17-19-22(2)3/h4-20H2,1-3H3. The van der Waals surface area contributed by atoms with Crippen LogP contribution >= 0.6 is 0 Å². The highest BCUT2D eigenvalue weighted by Gasteiger charge is 2.02. The Morgan fingerprint density at radius 1 is 0.708 bits per heavy atom. The molecule has 0 bridgehead atoms. The number of carbonyl (C=O) groups is 1. The quantitative estimate of drug-likeness (QED) is 0.227. The van der Waals surface area contributed by atoms with Crippen LogP contribution in [0.25, 0.3) is 0 Å². The molecular weight excluding hydrogens is 298 g/mol. The summed E-state index contributed by atoms with van der Waals surface area (Å²) in [4.78, 5) is 13.6. The van der Waals surface area contributed by atoms with Gasteiger partial charge in [-0.2, -0.15) is 0 Å². The molecule has 0 saturated heterocycles. The van der Waals surface area contributed by atoms with Gasteiger partial charge in [0.15, 0.2) is 0 Å². The van der Waals surface area contributed by atoms with Crippen molar-refractivity contribution in [3.63, 3.8) is 0 Å². The predicted molar refractivity (Wildman–Crippen MR) is 104 cm³/mol. The summed E-state index contributed by atoms with van der Waals surface area (Å²) in [6, 6.07) is 0. The summed E-state index contributed by atoms with van der Waals surface area (Å²) in [6.07, 6.45) is 18.9. The SMILES string of the molecule is CCCCCCCCCCCCCCCOC(=O)CCCN(C)C. The maximum absolute atomic E-state index is 11.5. The Labute approximate surface area is 151 Å². The fraction of sp³-hybridized carbons (Fsp3) is 0.952. The summed E-state index contributed by atoms with van der Waals surface area (Å²) < 4.78 is 5.27. The van der Waals surface area contributed by atoms with E-state index in [9.17, 15) is 4.79 Å². The second-order valence-corrected chi connectivity index (χ2v) is 7.37. The number of unbranched alkanes of at least 4 members (excludes halogenated alkanes) is 12. The lowest BCUT2D eigenvalue weighted by molar-refractivity contribution is -0.143. The number of nitrogens with zero attached hydrogens (tertiary/aromatic N) is 1. The molecule has 0 aliphatic heterocycles. The van der Waals surface area contributed by atoms with Crippen molar-refractivity contribution in [3.05, 3.63) is 0 Å². The molecule has 0 fully saturated rings. The van der Waals surface area contributed by atoms with Crippen LogP contribution in [-0.2, 0) is 9.53 Å². The number of rotatable bonds is 18. The number of esters is 1. The first-order chi connectivity index (χ1) is 11.7. The fourth-order valence-electron chi connectivity index (χ4n) is 2.92. The molecule has 144 valence electrons. The van der Waals surface area contributed by atoms with Gasteiger partial charge in [-0.05, 0) is 33.5 Å². The van der Waals surface area contributed by atoms with E-state index in [1.165, 1.54) is 77.0 Å². The van der Waals surface area contributed by atoms with E-state index < -0.39 is 0 Å². The van der Waals surface area contributed by atoms with Gasteiger partial charge in [-0.1, -0.05) is 84.0 Å². The lowest BCUT2D eigenvalue weighted by atomic mass is 10.0. The zero-order chi connectivity index (χ0) is 17.9. The monoisotopic (exact) mass is 341 g/mol. The van der Waals surface area contributed by atoms with Gasteiger partial charge in [0, 0.05) is 6.42 Å². The van der Waals surface area contributed by atoms with Crippen LogP contribution in [0.2, 0.25) is 0 Å². The second kappa shape index (κ2) is 18.8. The van der Waals surface area contributed by atoms with Crippen LogP contribution in [-0.4, -0.2) is 38.1 Å². The van der Waals surface area contributed by atoms with E-state index in [1.54, 1.807) is 0 Å². The molecule has 0 aliphatic rings. The van der Waals surface area contributed by atoms with E-state index in [0.717, 1.165) is 19.4 Å². The Balaban J connectivity index is 3.10. The van der Waals surface area contributed by atoms with Crippen molar-refractivity contribution >= 4 is 5.97 Å². The Morgan fingerprint density at radius 3 is 1.62 bits per heavy atom. The van der Waals surface area contributed by atoms with Crippen molar-refractivity contribution in [2.24, 2.45) is 0 Å². The number of ether oxygens (including phenoxy) is 1. The lowest BCUT2D eigenvalue weighted by Crippen LogP contribution is -2.15. The van der Waals surface area contributed by atoms with Crippen LogP contribution in [0.1, 0.15) is 103 Å². The van der Waals surface area contributed by atoms with E-state index in [1.807, 2.05) is 14.1 Å². The average Bonchev–Trinajstić information content (AvgIpc) is 2.55. The zero-order valence-corrected chi connectivity index (χ0v) is 16.8. The molecule has 3 heteroatoms. The van der Waals surface area contributed by atoms with E-state index in [2.05, 4.69) is 11.8 Å². The first kappa shape index (κ1) is 23.4. The predicted octanol–water partition coefficient (Wildman–Crippen LogP) is 5.96. The molecule has 0 aliphatic carbocycles. The Bertz CT molecular complexity index is 267. The largest absolute Gasteiger partial charge is 0.466 e. The molecule has 0 aromatic carbocycles. The topological polar surface area (TPSA) is 29.5 Å². The van der Waals surface area contributed by atoms with Gasteiger partial charge in [-0.15, -0.1) is 0 Å². The van der Waals surface area contributed by atoms with Gasteiger partial charge in [0.2, 0.25) is 0 Å². The molecule has 24 heavy (non-hydrogen) atoms. The molecule has 0 saturated carbocycles. The van der Waals surface area contributed by atoms with E-state index >= 15 is 0 Å². The molecule has 0 aromatic rings. The minimum Gasteiger partial charge on any atom is -0.466 e. The number of carbonyl (C=O) groups excluding carboxylic acids is 1. The molecule has 0 aromatic heterocycles. The van der Waals surface area contributed by atoms with Gasteiger partial charge in [-0.3, -0.25) is 4.79 Å². The first-order valence-corrected chi connectivity index (χ1v) is 10.5. The molecule has 0 amide bonds. The van der Waals surface area contributed by atoms with Crippen LogP contribution in [0, 0.1) is 0 Å². The van der Waals surface area contributed by atoms with Gasteiger partial charge in [0.1, 0.15) is 0 Å². The summed E-state index contributed by atoms with van der Waals surface area (Å²) in [6.45, 7) is 3.84. The number of hydrogen-bond donors (Lipinski definition) is 0.